The van der Waals surface area contributed by atoms with Gasteiger partial charge in [0.15, 0.2) is 5.82 Å². The number of nitrogens with one attached hydrogen (secondary N) is 1. The second-order valence-corrected chi connectivity index (χ2v) is 6.10. The molecule has 1 aromatic carbocycles. The Hall–Kier alpha value is -1.12. The van der Waals surface area contributed by atoms with Gasteiger partial charge in [-0.25, -0.2) is 4.39 Å². The van der Waals surface area contributed by atoms with Gasteiger partial charge in [0.25, 0.3) is 0 Å². The Bertz CT molecular complexity index is 507. The lowest BCUT2D eigenvalue weighted by Gasteiger charge is -2.29. The van der Waals surface area contributed by atoms with Crippen molar-refractivity contribution >= 4 is 21.6 Å². The van der Waals surface area contributed by atoms with Crippen LogP contribution in [0.15, 0.2) is 16.6 Å². The van der Waals surface area contributed by atoms with Crippen molar-refractivity contribution in [1.82, 2.24) is 4.90 Å². The monoisotopic (exact) mass is 339 g/mol. The summed E-state index contributed by atoms with van der Waals surface area (Å²) in [5.74, 6) is -0.394. The summed E-state index contributed by atoms with van der Waals surface area (Å²) in [4.78, 5) is 2.41. The number of nitrogens with zero attached hydrogens (tertiary/aromatic N) is 2. The summed E-state index contributed by atoms with van der Waals surface area (Å²) in [7, 11) is 0. The van der Waals surface area contributed by atoms with Crippen molar-refractivity contribution < 1.29 is 4.39 Å². The van der Waals surface area contributed by atoms with Crippen molar-refractivity contribution in [1.29, 1.82) is 5.26 Å². The van der Waals surface area contributed by atoms with Crippen molar-refractivity contribution in [3.8, 4) is 6.07 Å². The smallest absolute Gasteiger partial charge is 0.161 e. The van der Waals surface area contributed by atoms with Crippen LogP contribution in [0.5, 0.6) is 0 Å². The van der Waals surface area contributed by atoms with Crippen molar-refractivity contribution in [3.63, 3.8) is 0 Å². The van der Waals surface area contributed by atoms with Gasteiger partial charge in [-0.3, -0.25) is 0 Å². The second-order valence-electron chi connectivity index (χ2n) is 5.31. The number of likely N-dealkylation sites (tertiary alicyclic amines) is 1. The Morgan fingerprint density at radius 1 is 1.40 bits per heavy atom. The fraction of sp³-hybridized carbons (Fsp3) is 0.533. The van der Waals surface area contributed by atoms with Gasteiger partial charge in [-0.15, -0.1) is 0 Å². The highest BCUT2D eigenvalue weighted by atomic mass is 79.9. The molecule has 0 saturated carbocycles. The quantitative estimate of drug-likeness (QED) is 0.907. The highest BCUT2D eigenvalue weighted by Gasteiger charge is 2.16. The molecule has 1 N–H and O–H groups in total. The van der Waals surface area contributed by atoms with Crippen LogP contribution < -0.4 is 5.32 Å². The van der Waals surface area contributed by atoms with Crippen LogP contribution in [-0.4, -0.2) is 30.6 Å². The first-order chi connectivity index (χ1) is 9.61. The first kappa shape index (κ1) is 15.3. The Morgan fingerprint density at radius 3 is 2.75 bits per heavy atom. The zero-order chi connectivity index (χ0) is 14.5. The van der Waals surface area contributed by atoms with Gasteiger partial charge in [0.05, 0.1) is 15.7 Å². The zero-order valence-electron chi connectivity index (χ0n) is 11.6. The molecule has 1 heterocycles. The minimum absolute atomic E-state index is 0.169. The van der Waals surface area contributed by atoms with Gasteiger partial charge in [0, 0.05) is 12.6 Å². The molecule has 1 aliphatic rings. The van der Waals surface area contributed by atoms with E-state index in [1.165, 1.54) is 19.3 Å². The number of nitriles is 1. The van der Waals surface area contributed by atoms with E-state index < -0.39 is 5.82 Å². The molecule has 1 aromatic rings. The van der Waals surface area contributed by atoms with Crippen LogP contribution in [0.2, 0.25) is 0 Å². The van der Waals surface area contributed by atoms with Gasteiger partial charge < -0.3 is 10.2 Å². The average molecular weight is 340 g/mol. The van der Waals surface area contributed by atoms with Crippen LogP contribution in [0.3, 0.4) is 0 Å². The third kappa shape index (κ3) is 3.71. The molecule has 0 aliphatic carbocycles. The number of piperidine rings is 1. The average Bonchev–Trinajstić information content (AvgIpc) is 2.45. The van der Waals surface area contributed by atoms with Gasteiger partial charge >= 0.3 is 0 Å². The molecule has 108 valence electrons. The minimum Gasteiger partial charge on any atom is -0.379 e. The van der Waals surface area contributed by atoms with E-state index in [0.717, 1.165) is 19.6 Å². The second kappa shape index (κ2) is 7.05. The van der Waals surface area contributed by atoms with Crippen molar-refractivity contribution in [2.75, 3.05) is 25.0 Å². The van der Waals surface area contributed by atoms with E-state index in [2.05, 4.69) is 33.1 Å². The molecular weight excluding hydrogens is 321 g/mol. The van der Waals surface area contributed by atoms with Crippen molar-refractivity contribution in [3.05, 3.63) is 28.0 Å². The predicted octanol–water partition coefficient (Wildman–Crippen LogP) is 3.75. The van der Waals surface area contributed by atoms with Crippen LogP contribution in [0, 0.1) is 17.1 Å². The lowest BCUT2D eigenvalue weighted by molar-refractivity contribution is 0.223. The van der Waals surface area contributed by atoms with Gasteiger partial charge in [0.2, 0.25) is 0 Å². The molecular formula is C15H19BrFN3. The Balaban J connectivity index is 1.99. The number of benzene rings is 1. The van der Waals surface area contributed by atoms with E-state index in [1.54, 1.807) is 12.1 Å². The number of halogens is 2. The lowest BCUT2D eigenvalue weighted by Crippen LogP contribution is -2.38. The summed E-state index contributed by atoms with van der Waals surface area (Å²) in [5, 5.41) is 12.1. The normalized spacial score (nSPS) is 17.5. The maximum atomic E-state index is 14.1. The largest absolute Gasteiger partial charge is 0.379 e. The molecule has 1 aliphatic heterocycles. The SMILES string of the molecule is CC(CN1CCCCC1)Nc1ccc(C#N)c(Br)c1F. The molecule has 1 unspecified atom stereocenters. The lowest BCUT2D eigenvalue weighted by atomic mass is 10.1. The van der Waals surface area contributed by atoms with E-state index in [4.69, 9.17) is 5.26 Å². The predicted molar refractivity (Wildman–Crippen MR) is 82.2 cm³/mol. The van der Waals surface area contributed by atoms with Gasteiger partial charge in [-0.1, -0.05) is 6.42 Å². The van der Waals surface area contributed by atoms with E-state index in [0.29, 0.717) is 11.3 Å². The highest BCUT2D eigenvalue weighted by molar-refractivity contribution is 9.10. The molecule has 0 bridgehead atoms. The van der Waals surface area contributed by atoms with Crippen LogP contribution in [0.25, 0.3) is 0 Å². The summed E-state index contributed by atoms with van der Waals surface area (Å²) in [6.07, 6.45) is 3.82. The fourth-order valence-electron chi connectivity index (χ4n) is 2.59. The van der Waals surface area contributed by atoms with Crippen LogP contribution in [-0.2, 0) is 0 Å². The maximum absolute atomic E-state index is 14.1. The molecule has 3 nitrogen and oxygen atoms in total. The molecule has 0 aromatic heterocycles. The number of rotatable bonds is 4. The maximum Gasteiger partial charge on any atom is 0.161 e. The third-order valence-corrected chi connectivity index (χ3v) is 4.36. The Morgan fingerprint density at radius 2 is 2.10 bits per heavy atom. The summed E-state index contributed by atoms with van der Waals surface area (Å²) >= 11 is 3.13. The Kier molecular flexibility index (Phi) is 5.38. The van der Waals surface area contributed by atoms with Gasteiger partial charge in [-0.2, -0.15) is 5.26 Å². The van der Waals surface area contributed by atoms with Crippen molar-refractivity contribution in [2.24, 2.45) is 0 Å². The topological polar surface area (TPSA) is 39.1 Å². The van der Waals surface area contributed by atoms with Crippen LogP contribution in [0.1, 0.15) is 31.7 Å². The molecule has 1 fully saturated rings. The first-order valence-corrected chi connectivity index (χ1v) is 7.78. The van der Waals surface area contributed by atoms with Gasteiger partial charge in [-0.05, 0) is 60.9 Å². The van der Waals surface area contributed by atoms with E-state index in [9.17, 15) is 4.39 Å². The fourth-order valence-corrected chi connectivity index (χ4v) is 3.02. The molecule has 1 saturated heterocycles. The molecule has 1 atom stereocenters. The number of anilines is 1. The molecule has 2 rings (SSSR count). The van der Waals surface area contributed by atoms with E-state index in [-0.39, 0.29) is 10.5 Å². The summed E-state index contributed by atoms with van der Waals surface area (Å²) in [6, 6.07) is 5.39. The van der Waals surface area contributed by atoms with Crippen molar-refractivity contribution in [2.45, 2.75) is 32.2 Å². The molecule has 0 spiro atoms. The van der Waals surface area contributed by atoms with E-state index in [1.807, 2.05) is 6.07 Å². The van der Waals surface area contributed by atoms with Crippen LogP contribution in [0.4, 0.5) is 10.1 Å². The number of hydrogen-bond donors (Lipinski definition) is 1. The van der Waals surface area contributed by atoms with Gasteiger partial charge in [0.1, 0.15) is 6.07 Å². The molecule has 5 heteroatoms. The minimum atomic E-state index is -0.394. The summed E-state index contributed by atoms with van der Waals surface area (Å²) < 4.78 is 14.3. The Labute approximate surface area is 127 Å². The zero-order valence-corrected chi connectivity index (χ0v) is 13.2. The third-order valence-electron chi connectivity index (χ3n) is 3.59. The standard InChI is InChI=1S/C15H19BrFN3/c1-11(10-20-7-3-2-4-8-20)19-13-6-5-12(9-18)14(16)15(13)17/h5-6,11,19H,2-4,7-8,10H2,1H3. The molecule has 0 amide bonds. The summed E-state index contributed by atoms with van der Waals surface area (Å²) in [6.45, 7) is 5.23. The van der Waals surface area contributed by atoms with Crippen LogP contribution >= 0.6 is 15.9 Å². The number of hydrogen-bond acceptors (Lipinski definition) is 3. The highest BCUT2D eigenvalue weighted by Crippen LogP contribution is 2.27. The summed E-state index contributed by atoms with van der Waals surface area (Å²) in [5.41, 5.74) is 0.761. The van der Waals surface area contributed by atoms with E-state index >= 15 is 0 Å². The molecule has 20 heavy (non-hydrogen) atoms. The molecule has 0 radical (unpaired) electrons. The first-order valence-electron chi connectivity index (χ1n) is 6.99.